The van der Waals surface area contributed by atoms with Crippen LogP contribution in [0.25, 0.3) is 6.08 Å². The average molecular weight is 440 g/mol. The fraction of sp³-hybridized carbons (Fsp3) is 0.0417. The van der Waals surface area contributed by atoms with Crippen LogP contribution in [-0.4, -0.2) is 31.9 Å². The quantitative estimate of drug-likeness (QED) is 0.598. The Morgan fingerprint density at radius 2 is 1.84 bits per heavy atom. The Hall–Kier alpha value is -4.04. The van der Waals surface area contributed by atoms with Crippen molar-refractivity contribution in [2.45, 2.75) is 6.61 Å². The number of aromatic nitrogens is 1. The summed E-state index contributed by atoms with van der Waals surface area (Å²) in [6.45, 7) is 0.478. The largest absolute Gasteiger partial charge is 0.489 e. The summed E-state index contributed by atoms with van der Waals surface area (Å²) in [5.41, 5.74) is 2.85. The molecule has 7 nitrogen and oxygen atoms in total. The summed E-state index contributed by atoms with van der Waals surface area (Å²) in [6.07, 6.45) is 5.02. The first-order valence-corrected chi connectivity index (χ1v) is 10.7. The number of ether oxygens (including phenoxy) is 1. The van der Waals surface area contributed by atoms with Gasteiger partial charge in [-0.05, 0) is 53.2 Å². The first-order chi connectivity index (χ1) is 15.7. The number of pyridine rings is 1. The smallest absolute Gasteiger partial charge is 0.283 e. The lowest BCUT2D eigenvalue weighted by Gasteiger charge is -2.20. The standard InChI is InChI=1S/C24H17N5O2S/c25-21-20(13-16-8-10-19(11-9-16)31-15-17-5-2-1-3-6-17)22(30)27-24-29(21)28-23(32-24)18-7-4-12-26-14-18/h1-14,25H,15H2. The van der Waals surface area contributed by atoms with Crippen LogP contribution < -0.4 is 4.74 Å². The van der Waals surface area contributed by atoms with Crippen LogP contribution in [-0.2, 0) is 11.4 Å². The zero-order chi connectivity index (χ0) is 21.9. The number of benzene rings is 2. The van der Waals surface area contributed by atoms with E-state index in [1.807, 2.05) is 66.7 Å². The lowest BCUT2D eigenvalue weighted by atomic mass is 10.1. The molecule has 0 atom stereocenters. The van der Waals surface area contributed by atoms with Gasteiger partial charge in [0.1, 0.15) is 17.4 Å². The van der Waals surface area contributed by atoms with E-state index < -0.39 is 5.91 Å². The molecule has 3 aromatic rings. The zero-order valence-corrected chi connectivity index (χ0v) is 17.6. The second kappa shape index (κ2) is 8.60. The molecule has 3 heterocycles. The van der Waals surface area contributed by atoms with Crippen molar-refractivity contribution < 1.29 is 9.53 Å². The average Bonchev–Trinajstić information content (AvgIpc) is 3.27. The predicted molar refractivity (Wildman–Crippen MR) is 126 cm³/mol. The van der Waals surface area contributed by atoms with E-state index in [1.165, 1.54) is 16.8 Å². The fourth-order valence-corrected chi connectivity index (χ4v) is 4.05. The number of amidine groups is 2. The third kappa shape index (κ3) is 4.08. The summed E-state index contributed by atoms with van der Waals surface area (Å²) in [5, 5.41) is 15.4. The molecule has 1 aromatic heterocycles. The molecule has 2 aliphatic heterocycles. The number of aliphatic imine (C=N–C) groups is 1. The van der Waals surface area contributed by atoms with Crippen molar-refractivity contribution in [3.05, 3.63) is 101 Å². The van der Waals surface area contributed by atoms with Crippen LogP contribution in [0.3, 0.4) is 0 Å². The highest BCUT2D eigenvalue weighted by molar-refractivity contribution is 8.27. The van der Waals surface area contributed by atoms with Gasteiger partial charge in [0.25, 0.3) is 5.91 Å². The van der Waals surface area contributed by atoms with Gasteiger partial charge in [0.15, 0.2) is 5.84 Å². The van der Waals surface area contributed by atoms with Crippen LogP contribution in [0.5, 0.6) is 5.75 Å². The Morgan fingerprint density at radius 1 is 1.03 bits per heavy atom. The van der Waals surface area contributed by atoms with Crippen LogP contribution in [0.4, 0.5) is 0 Å². The molecule has 0 fully saturated rings. The van der Waals surface area contributed by atoms with Crippen LogP contribution in [0.15, 0.2) is 94.8 Å². The Kier molecular flexibility index (Phi) is 5.35. The maximum Gasteiger partial charge on any atom is 0.283 e. The Labute approximate surface area is 188 Å². The molecule has 0 spiro atoms. The van der Waals surface area contributed by atoms with Gasteiger partial charge in [-0.2, -0.15) is 15.1 Å². The van der Waals surface area contributed by atoms with Crippen molar-refractivity contribution in [1.82, 2.24) is 9.99 Å². The number of nitrogens with one attached hydrogen (secondary N) is 1. The van der Waals surface area contributed by atoms with Gasteiger partial charge in [-0.3, -0.25) is 15.2 Å². The number of carbonyl (C=O) groups is 1. The summed E-state index contributed by atoms with van der Waals surface area (Å²) in [4.78, 5) is 20.8. The van der Waals surface area contributed by atoms with Gasteiger partial charge in [0.05, 0.1) is 5.57 Å². The molecule has 2 aliphatic rings. The van der Waals surface area contributed by atoms with Crippen LogP contribution in [0, 0.1) is 5.41 Å². The molecule has 0 unspecified atom stereocenters. The number of carbonyl (C=O) groups excluding carboxylic acids is 1. The lowest BCUT2D eigenvalue weighted by Crippen LogP contribution is -2.35. The van der Waals surface area contributed by atoms with Gasteiger partial charge in [-0.15, -0.1) is 0 Å². The maximum absolute atomic E-state index is 12.6. The highest BCUT2D eigenvalue weighted by Gasteiger charge is 2.36. The SMILES string of the molecule is N=C1C(=Cc2ccc(OCc3ccccc3)cc2)C(=O)N=C2SC(c3cccnc3)=NN12. The second-order valence-corrected chi connectivity index (χ2v) is 7.97. The van der Waals surface area contributed by atoms with E-state index in [9.17, 15) is 4.79 Å². The third-order valence-corrected chi connectivity index (χ3v) is 5.76. The van der Waals surface area contributed by atoms with E-state index in [-0.39, 0.29) is 11.4 Å². The summed E-state index contributed by atoms with van der Waals surface area (Å²) < 4.78 is 5.80. The highest BCUT2D eigenvalue weighted by Crippen LogP contribution is 2.30. The van der Waals surface area contributed by atoms with Crippen molar-refractivity contribution >= 4 is 39.8 Å². The molecule has 0 saturated carbocycles. The van der Waals surface area contributed by atoms with Crippen molar-refractivity contribution in [1.29, 1.82) is 5.41 Å². The summed E-state index contributed by atoms with van der Waals surface area (Å²) in [6, 6.07) is 21.0. The molecule has 1 amide bonds. The third-order valence-electron chi connectivity index (χ3n) is 4.80. The minimum absolute atomic E-state index is 0.00389. The topological polar surface area (TPSA) is 91.0 Å². The first-order valence-electron chi connectivity index (χ1n) is 9.85. The van der Waals surface area contributed by atoms with E-state index >= 15 is 0 Å². The number of hydrazone groups is 1. The lowest BCUT2D eigenvalue weighted by molar-refractivity contribution is -0.114. The molecule has 0 bridgehead atoms. The minimum Gasteiger partial charge on any atom is -0.489 e. The maximum atomic E-state index is 12.6. The van der Waals surface area contributed by atoms with Crippen molar-refractivity contribution in [3.8, 4) is 5.75 Å². The van der Waals surface area contributed by atoms with Crippen molar-refractivity contribution in [2.75, 3.05) is 0 Å². The molecule has 8 heteroatoms. The molecule has 1 N–H and O–H groups in total. The number of hydrogen-bond acceptors (Lipinski definition) is 6. The number of nitrogens with zero attached hydrogens (tertiary/aromatic N) is 4. The van der Waals surface area contributed by atoms with Gasteiger partial charge < -0.3 is 4.74 Å². The van der Waals surface area contributed by atoms with E-state index in [0.29, 0.717) is 16.8 Å². The number of thioether (sulfide) groups is 1. The highest BCUT2D eigenvalue weighted by atomic mass is 32.2. The second-order valence-electron chi connectivity index (χ2n) is 7.01. The van der Waals surface area contributed by atoms with E-state index in [0.717, 1.165) is 22.4 Å². The minimum atomic E-state index is -0.458. The molecule has 32 heavy (non-hydrogen) atoms. The predicted octanol–water partition coefficient (Wildman–Crippen LogP) is 4.33. The van der Waals surface area contributed by atoms with Crippen LogP contribution >= 0.6 is 11.8 Å². The van der Waals surface area contributed by atoms with E-state index in [1.54, 1.807) is 18.5 Å². The molecule has 156 valence electrons. The monoisotopic (exact) mass is 439 g/mol. The number of fused-ring (bicyclic) bond motifs is 1. The molecule has 0 radical (unpaired) electrons. The molecule has 5 rings (SSSR count). The van der Waals surface area contributed by atoms with Gasteiger partial charge in [-0.25, -0.2) is 0 Å². The van der Waals surface area contributed by atoms with Gasteiger partial charge in [0, 0.05) is 18.0 Å². The van der Waals surface area contributed by atoms with Gasteiger partial charge in [0.2, 0.25) is 5.17 Å². The molecular weight excluding hydrogens is 422 g/mol. The Bertz CT molecular complexity index is 1270. The normalized spacial score (nSPS) is 16.6. The fourth-order valence-electron chi connectivity index (χ4n) is 3.17. The Morgan fingerprint density at radius 3 is 2.59 bits per heavy atom. The van der Waals surface area contributed by atoms with Gasteiger partial charge in [-0.1, -0.05) is 42.5 Å². The zero-order valence-electron chi connectivity index (χ0n) is 16.8. The van der Waals surface area contributed by atoms with Crippen molar-refractivity contribution in [3.63, 3.8) is 0 Å². The number of hydrogen-bond donors (Lipinski definition) is 1. The van der Waals surface area contributed by atoms with Crippen molar-refractivity contribution in [2.24, 2.45) is 10.1 Å². The molecule has 0 aliphatic carbocycles. The first kappa shape index (κ1) is 19.9. The van der Waals surface area contributed by atoms with E-state index in [2.05, 4.69) is 15.1 Å². The van der Waals surface area contributed by atoms with E-state index in [4.69, 9.17) is 10.1 Å². The summed E-state index contributed by atoms with van der Waals surface area (Å²) in [7, 11) is 0. The molecule has 0 saturated heterocycles. The summed E-state index contributed by atoms with van der Waals surface area (Å²) >= 11 is 1.25. The van der Waals surface area contributed by atoms with Crippen LogP contribution in [0.1, 0.15) is 16.7 Å². The molecule has 2 aromatic carbocycles. The van der Waals surface area contributed by atoms with Crippen LogP contribution in [0.2, 0.25) is 0 Å². The number of rotatable bonds is 5. The molecular formula is C24H17N5O2S. The summed E-state index contributed by atoms with van der Waals surface area (Å²) in [5.74, 6) is 0.264. The Balaban J connectivity index is 1.33. The number of amides is 1. The van der Waals surface area contributed by atoms with Gasteiger partial charge >= 0.3 is 0 Å².